The molecule has 2 rings (SSSR count). The van der Waals surface area contributed by atoms with Crippen LogP contribution in [0.5, 0.6) is 5.75 Å². The predicted octanol–water partition coefficient (Wildman–Crippen LogP) is 2.08. The fourth-order valence-corrected chi connectivity index (χ4v) is 4.25. The molecule has 0 aromatic heterocycles. The largest absolute Gasteiger partial charge is 0.507 e. The van der Waals surface area contributed by atoms with E-state index in [0.717, 1.165) is 19.3 Å². The van der Waals surface area contributed by atoms with E-state index in [0.29, 0.717) is 18.5 Å². The van der Waals surface area contributed by atoms with Crippen molar-refractivity contribution >= 4 is 15.5 Å². The van der Waals surface area contributed by atoms with Gasteiger partial charge >= 0.3 is 0 Å². The van der Waals surface area contributed by atoms with E-state index in [1.807, 2.05) is 0 Å². The van der Waals surface area contributed by atoms with Crippen LogP contribution in [0.2, 0.25) is 0 Å². The molecule has 94 valence electrons. The van der Waals surface area contributed by atoms with Crippen molar-refractivity contribution in [2.24, 2.45) is 0 Å². The summed E-state index contributed by atoms with van der Waals surface area (Å²) in [6.07, 6.45) is 4.36. The first-order chi connectivity index (χ1) is 8.01. The molecular weight excluding hydrogens is 238 g/mol. The smallest absolute Gasteiger partial charge is 0.184 e. The van der Waals surface area contributed by atoms with Gasteiger partial charge in [-0.3, -0.25) is 0 Å². The molecule has 0 radical (unpaired) electrons. The Labute approximate surface area is 101 Å². The predicted molar refractivity (Wildman–Crippen MR) is 66.6 cm³/mol. The van der Waals surface area contributed by atoms with Gasteiger partial charge in [-0.25, -0.2) is 8.42 Å². The van der Waals surface area contributed by atoms with Gasteiger partial charge in [-0.05, 0) is 25.0 Å². The standard InChI is InChI=1S/C12H17NO3S/c13-9-6-7-12(11(14)8-9)17(15,16)10-4-2-1-3-5-10/h6-8,10,14H,1-5,13H2. The highest BCUT2D eigenvalue weighted by Gasteiger charge is 2.30. The van der Waals surface area contributed by atoms with E-state index in [1.165, 1.54) is 18.2 Å². The molecule has 1 aromatic rings. The SMILES string of the molecule is Nc1ccc(S(=O)(=O)C2CCCCC2)c(O)c1. The first kappa shape index (κ1) is 12.2. The molecule has 1 aliphatic rings. The molecule has 0 aliphatic heterocycles. The van der Waals surface area contributed by atoms with E-state index >= 15 is 0 Å². The van der Waals surface area contributed by atoms with Crippen molar-refractivity contribution in [3.8, 4) is 5.75 Å². The topological polar surface area (TPSA) is 80.4 Å². The summed E-state index contributed by atoms with van der Waals surface area (Å²) >= 11 is 0. The number of sulfone groups is 1. The third kappa shape index (κ3) is 2.39. The summed E-state index contributed by atoms with van der Waals surface area (Å²) in [6, 6.07) is 4.19. The number of benzene rings is 1. The van der Waals surface area contributed by atoms with Gasteiger partial charge in [0.2, 0.25) is 0 Å². The van der Waals surface area contributed by atoms with Gasteiger partial charge in [-0.1, -0.05) is 19.3 Å². The molecule has 0 amide bonds. The van der Waals surface area contributed by atoms with Crippen LogP contribution in [0.4, 0.5) is 5.69 Å². The summed E-state index contributed by atoms with van der Waals surface area (Å²) in [5.41, 5.74) is 5.86. The number of hydrogen-bond donors (Lipinski definition) is 2. The fourth-order valence-electron chi connectivity index (χ4n) is 2.33. The zero-order valence-electron chi connectivity index (χ0n) is 9.59. The lowest BCUT2D eigenvalue weighted by Crippen LogP contribution is -2.24. The average molecular weight is 255 g/mol. The number of anilines is 1. The van der Waals surface area contributed by atoms with Crippen molar-refractivity contribution in [2.45, 2.75) is 42.2 Å². The molecule has 3 N–H and O–H groups in total. The Morgan fingerprint density at radius 1 is 1.18 bits per heavy atom. The lowest BCUT2D eigenvalue weighted by molar-refractivity contribution is 0.452. The molecule has 1 aliphatic carbocycles. The van der Waals surface area contributed by atoms with E-state index in [-0.39, 0.29) is 15.9 Å². The van der Waals surface area contributed by atoms with E-state index in [4.69, 9.17) is 5.73 Å². The van der Waals surface area contributed by atoms with E-state index in [9.17, 15) is 13.5 Å². The highest BCUT2D eigenvalue weighted by atomic mass is 32.2. The second-order valence-corrected chi connectivity index (χ2v) is 6.73. The van der Waals surface area contributed by atoms with E-state index in [1.54, 1.807) is 0 Å². The van der Waals surface area contributed by atoms with Crippen LogP contribution in [0.3, 0.4) is 0 Å². The molecule has 0 saturated heterocycles. The minimum Gasteiger partial charge on any atom is -0.507 e. The zero-order chi connectivity index (χ0) is 12.5. The van der Waals surface area contributed by atoms with Crippen molar-refractivity contribution in [1.29, 1.82) is 0 Å². The van der Waals surface area contributed by atoms with Crippen LogP contribution in [-0.2, 0) is 9.84 Å². The number of phenolic OH excluding ortho intramolecular Hbond substituents is 1. The van der Waals surface area contributed by atoms with Gasteiger partial charge in [-0.2, -0.15) is 0 Å². The highest BCUT2D eigenvalue weighted by molar-refractivity contribution is 7.92. The maximum atomic E-state index is 12.3. The van der Waals surface area contributed by atoms with Crippen LogP contribution in [0.25, 0.3) is 0 Å². The van der Waals surface area contributed by atoms with Gasteiger partial charge in [0.05, 0.1) is 5.25 Å². The minimum atomic E-state index is -3.42. The highest BCUT2D eigenvalue weighted by Crippen LogP contribution is 2.33. The molecular formula is C12H17NO3S. The normalized spacial score (nSPS) is 18.1. The fraction of sp³-hybridized carbons (Fsp3) is 0.500. The first-order valence-electron chi connectivity index (χ1n) is 5.84. The molecule has 17 heavy (non-hydrogen) atoms. The molecule has 4 nitrogen and oxygen atoms in total. The van der Waals surface area contributed by atoms with E-state index in [2.05, 4.69) is 0 Å². The first-order valence-corrected chi connectivity index (χ1v) is 7.39. The van der Waals surface area contributed by atoms with Gasteiger partial charge in [0.15, 0.2) is 9.84 Å². The Morgan fingerprint density at radius 2 is 1.82 bits per heavy atom. The van der Waals surface area contributed by atoms with Crippen LogP contribution in [0.15, 0.2) is 23.1 Å². The third-order valence-electron chi connectivity index (χ3n) is 3.28. The summed E-state index contributed by atoms with van der Waals surface area (Å²) in [4.78, 5) is 0.0126. The molecule has 0 spiro atoms. The Morgan fingerprint density at radius 3 is 2.41 bits per heavy atom. The number of aromatic hydroxyl groups is 1. The van der Waals surface area contributed by atoms with E-state index < -0.39 is 9.84 Å². The summed E-state index contributed by atoms with van der Waals surface area (Å²) in [5.74, 6) is -0.240. The Balaban J connectivity index is 2.37. The number of rotatable bonds is 2. The van der Waals surface area contributed by atoms with Crippen LogP contribution >= 0.6 is 0 Å². The molecule has 0 atom stereocenters. The van der Waals surface area contributed by atoms with Gasteiger partial charge < -0.3 is 10.8 Å². The average Bonchev–Trinajstić information content (AvgIpc) is 2.29. The van der Waals surface area contributed by atoms with Gasteiger partial charge in [-0.15, -0.1) is 0 Å². The summed E-state index contributed by atoms with van der Waals surface area (Å²) in [5, 5.41) is 9.34. The number of nitrogens with two attached hydrogens (primary N) is 1. The van der Waals surface area contributed by atoms with Crippen molar-refractivity contribution in [1.82, 2.24) is 0 Å². The Hall–Kier alpha value is -1.23. The van der Waals surface area contributed by atoms with Gasteiger partial charge in [0, 0.05) is 11.8 Å². The third-order valence-corrected chi connectivity index (χ3v) is 5.59. The Kier molecular flexibility index (Phi) is 3.28. The summed E-state index contributed by atoms with van der Waals surface area (Å²) in [6.45, 7) is 0. The summed E-state index contributed by atoms with van der Waals surface area (Å²) in [7, 11) is -3.42. The van der Waals surface area contributed by atoms with Crippen LogP contribution < -0.4 is 5.73 Å². The van der Waals surface area contributed by atoms with Crippen molar-refractivity contribution in [3.63, 3.8) is 0 Å². The lowest BCUT2D eigenvalue weighted by atomic mass is 10.0. The Bertz CT molecular complexity index is 504. The zero-order valence-corrected chi connectivity index (χ0v) is 10.4. The quantitative estimate of drug-likeness (QED) is 0.793. The molecule has 1 aromatic carbocycles. The minimum absolute atomic E-state index is 0.0126. The maximum absolute atomic E-state index is 12.3. The van der Waals surface area contributed by atoms with Crippen LogP contribution in [0.1, 0.15) is 32.1 Å². The molecule has 1 fully saturated rings. The van der Waals surface area contributed by atoms with Crippen LogP contribution in [-0.4, -0.2) is 18.8 Å². The van der Waals surface area contributed by atoms with Crippen LogP contribution in [0, 0.1) is 0 Å². The number of phenols is 1. The second kappa shape index (κ2) is 4.56. The summed E-state index contributed by atoms with van der Waals surface area (Å²) < 4.78 is 24.6. The monoisotopic (exact) mass is 255 g/mol. The molecule has 1 saturated carbocycles. The lowest BCUT2D eigenvalue weighted by Gasteiger charge is -2.22. The number of hydrogen-bond acceptors (Lipinski definition) is 4. The van der Waals surface area contributed by atoms with Gasteiger partial charge in [0.1, 0.15) is 10.6 Å². The molecule has 0 unspecified atom stereocenters. The maximum Gasteiger partial charge on any atom is 0.184 e. The molecule has 0 bridgehead atoms. The van der Waals surface area contributed by atoms with Crippen molar-refractivity contribution in [3.05, 3.63) is 18.2 Å². The molecule has 5 heteroatoms. The van der Waals surface area contributed by atoms with Crippen molar-refractivity contribution in [2.75, 3.05) is 5.73 Å². The number of nitrogen functional groups attached to an aromatic ring is 1. The second-order valence-electron chi connectivity index (χ2n) is 4.53. The van der Waals surface area contributed by atoms with Crippen molar-refractivity contribution < 1.29 is 13.5 Å². The molecule has 0 heterocycles. The van der Waals surface area contributed by atoms with Gasteiger partial charge in [0.25, 0.3) is 0 Å².